The van der Waals surface area contributed by atoms with Gasteiger partial charge in [0, 0.05) is 11.4 Å². The summed E-state index contributed by atoms with van der Waals surface area (Å²) in [5.74, 6) is -0.755. The molecule has 140 valence electrons. The van der Waals surface area contributed by atoms with Crippen LogP contribution in [0.4, 0.5) is 5.69 Å². The van der Waals surface area contributed by atoms with Gasteiger partial charge in [-0.1, -0.05) is 11.8 Å². The second-order valence-corrected chi connectivity index (χ2v) is 7.13. The highest BCUT2D eigenvalue weighted by Gasteiger charge is 2.18. The monoisotopic (exact) mass is 385 g/mol. The smallest absolute Gasteiger partial charge is 0.323 e. The highest BCUT2D eigenvalue weighted by atomic mass is 32.2. The zero-order valence-corrected chi connectivity index (χ0v) is 15.9. The molecule has 1 aromatic carbocycles. The van der Waals surface area contributed by atoms with E-state index in [-0.39, 0.29) is 17.3 Å². The summed E-state index contributed by atoms with van der Waals surface area (Å²) >= 11 is 1.16. The first-order chi connectivity index (χ1) is 12.8. The summed E-state index contributed by atoms with van der Waals surface area (Å²) in [6.07, 6.45) is 0. The van der Waals surface area contributed by atoms with Crippen molar-refractivity contribution in [1.82, 2.24) is 15.0 Å². The lowest BCUT2D eigenvalue weighted by molar-refractivity contribution is -0.113. The number of H-pyrrole nitrogens is 2. The van der Waals surface area contributed by atoms with E-state index in [1.165, 1.54) is 0 Å². The van der Waals surface area contributed by atoms with Gasteiger partial charge in [0.1, 0.15) is 5.03 Å². The number of thioether (sulfide) groups is 1. The van der Waals surface area contributed by atoms with Crippen molar-refractivity contribution >= 4 is 40.3 Å². The van der Waals surface area contributed by atoms with Gasteiger partial charge in [-0.2, -0.15) is 0 Å². The number of carbonyl (C=O) groups is 2. The van der Waals surface area contributed by atoms with E-state index in [2.05, 4.69) is 20.3 Å². The largest absolute Gasteiger partial charge is 0.366 e. The number of amides is 2. The SMILES string of the molecule is Cc1nc(SCC(=O)Nc2ccc3[nH]c(=O)[nH]c3c2)c(C(N)=O)c(C)c1C. The van der Waals surface area contributed by atoms with Crippen LogP contribution in [0.25, 0.3) is 11.0 Å². The lowest BCUT2D eigenvalue weighted by Gasteiger charge is -2.13. The van der Waals surface area contributed by atoms with Crippen molar-refractivity contribution in [3.05, 3.63) is 51.1 Å². The molecule has 3 aromatic rings. The van der Waals surface area contributed by atoms with Gasteiger partial charge in [0.25, 0.3) is 5.91 Å². The third kappa shape index (κ3) is 3.87. The predicted molar refractivity (Wildman–Crippen MR) is 105 cm³/mol. The van der Waals surface area contributed by atoms with Gasteiger partial charge in [-0.05, 0) is 50.1 Å². The van der Waals surface area contributed by atoms with Gasteiger partial charge in [0.2, 0.25) is 5.91 Å². The standard InChI is InChI=1S/C18H19N5O3S/c1-8-9(2)15(16(19)25)17(20-10(8)3)27-7-14(24)21-11-4-5-12-13(6-11)23-18(26)22-12/h4-6H,7H2,1-3H3,(H2,19,25)(H,21,24)(H2,22,23,26). The number of pyridine rings is 1. The van der Waals surface area contributed by atoms with E-state index in [1.54, 1.807) is 18.2 Å². The Labute approximate surface area is 159 Å². The summed E-state index contributed by atoms with van der Waals surface area (Å²) in [6.45, 7) is 5.55. The van der Waals surface area contributed by atoms with Crippen molar-refractivity contribution in [2.24, 2.45) is 5.73 Å². The van der Waals surface area contributed by atoms with Crippen LogP contribution in [-0.2, 0) is 4.79 Å². The van der Waals surface area contributed by atoms with Crippen LogP contribution in [0, 0.1) is 20.8 Å². The fourth-order valence-corrected chi connectivity index (χ4v) is 3.69. The summed E-state index contributed by atoms with van der Waals surface area (Å²) in [5.41, 5.74) is 9.84. The van der Waals surface area contributed by atoms with Crippen LogP contribution in [-0.4, -0.2) is 32.5 Å². The average Bonchev–Trinajstić information content (AvgIpc) is 2.96. The third-order valence-corrected chi connectivity index (χ3v) is 5.32. The minimum Gasteiger partial charge on any atom is -0.366 e. The molecule has 0 fully saturated rings. The number of nitrogens with two attached hydrogens (primary N) is 1. The van der Waals surface area contributed by atoms with Crippen LogP contribution in [0.15, 0.2) is 28.0 Å². The fourth-order valence-electron chi connectivity index (χ4n) is 2.75. The molecule has 0 aliphatic heterocycles. The molecule has 0 atom stereocenters. The molecular weight excluding hydrogens is 366 g/mol. The number of hydrogen-bond acceptors (Lipinski definition) is 5. The summed E-state index contributed by atoms with van der Waals surface area (Å²) in [4.78, 5) is 45.1. The summed E-state index contributed by atoms with van der Waals surface area (Å²) in [6, 6.07) is 5.07. The van der Waals surface area contributed by atoms with E-state index in [0.717, 1.165) is 28.6 Å². The van der Waals surface area contributed by atoms with Crippen LogP contribution in [0.3, 0.4) is 0 Å². The number of primary amides is 1. The molecule has 2 heterocycles. The first-order valence-corrected chi connectivity index (χ1v) is 9.17. The molecule has 0 unspecified atom stereocenters. The first-order valence-electron chi connectivity index (χ1n) is 8.18. The Kier molecular flexibility index (Phi) is 5.04. The van der Waals surface area contributed by atoms with E-state index in [1.807, 2.05) is 20.8 Å². The number of fused-ring (bicyclic) bond motifs is 1. The molecule has 27 heavy (non-hydrogen) atoms. The second-order valence-electron chi connectivity index (χ2n) is 6.17. The number of aryl methyl sites for hydroxylation is 1. The Morgan fingerprint density at radius 1 is 1.15 bits per heavy atom. The second kappa shape index (κ2) is 7.28. The molecule has 0 aliphatic carbocycles. The topological polar surface area (TPSA) is 134 Å². The number of imidazole rings is 1. The van der Waals surface area contributed by atoms with E-state index in [4.69, 9.17) is 5.73 Å². The van der Waals surface area contributed by atoms with Gasteiger partial charge < -0.3 is 21.0 Å². The van der Waals surface area contributed by atoms with Crippen LogP contribution in [0.2, 0.25) is 0 Å². The van der Waals surface area contributed by atoms with Crippen LogP contribution in [0.1, 0.15) is 27.2 Å². The Balaban J connectivity index is 1.75. The Hall–Kier alpha value is -3.07. The molecule has 0 saturated carbocycles. The van der Waals surface area contributed by atoms with E-state index in [9.17, 15) is 14.4 Å². The highest BCUT2D eigenvalue weighted by Crippen LogP contribution is 2.27. The molecule has 8 nitrogen and oxygen atoms in total. The average molecular weight is 385 g/mol. The van der Waals surface area contributed by atoms with Gasteiger partial charge in [0.05, 0.1) is 22.3 Å². The zero-order chi connectivity index (χ0) is 19.7. The summed E-state index contributed by atoms with van der Waals surface area (Å²) in [7, 11) is 0. The zero-order valence-electron chi connectivity index (χ0n) is 15.1. The number of aromatic nitrogens is 3. The van der Waals surface area contributed by atoms with Crippen LogP contribution < -0.4 is 16.7 Å². The van der Waals surface area contributed by atoms with Crippen molar-refractivity contribution in [2.45, 2.75) is 25.8 Å². The molecule has 2 aromatic heterocycles. The Morgan fingerprint density at radius 3 is 2.56 bits per heavy atom. The van der Waals surface area contributed by atoms with Crippen molar-refractivity contribution < 1.29 is 9.59 Å². The summed E-state index contributed by atoms with van der Waals surface area (Å²) in [5, 5.41) is 3.21. The molecule has 0 spiro atoms. The van der Waals surface area contributed by atoms with E-state index >= 15 is 0 Å². The van der Waals surface area contributed by atoms with Crippen LogP contribution >= 0.6 is 11.8 Å². The van der Waals surface area contributed by atoms with Gasteiger partial charge in [-0.3, -0.25) is 9.59 Å². The normalized spacial score (nSPS) is 10.9. The van der Waals surface area contributed by atoms with Crippen molar-refractivity contribution in [1.29, 1.82) is 0 Å². The first kappa shape index (κ1) is 18.7. The quantitative estimate of drug-likeness (QED) is 0.499. The Morgan fingerprint density at radius 2 is 1.85 bits per heavy atom. The predicted octanol–water partition coefficient (Wildman–Crippen LogP) is 2.01. The minimum absolute atomic E-state index is 0.0664. The number of aromatic amines is 2. The van der Waals surface area contributed by atoms with Gasteiger partial charge in [0.15, 0.2) is 0 Å². The molecule has 0 radical (unpaired) electrons. The number of nitrogens with one attached hydrogen (secondary N) is 3. The number of rotatable bonds is 5. The number of anilines is 1. The number of benzene rings is 1. The third-order valence-electron chi connectivity index (χ3n) is 4.35. The molecule has 0 aliphatic rings. The summed E-state index contributed by atoms with van der Waals surface area (Å²) < 4.78 is 0. The van der Waals surface area contributed by atoms with Crippen molar-refractivity contribution in [3.8, 4) is 0 Å². The van der Waals surface area contributed by atoms with E-state index in [0.29, 0.717) is 27.3 Å². The Bertz CT molecular complexity index is 1120. The lowest BCUT2D eigenvalue weighted by atomic mass is 10.0. The van der Waals surface area contributed by atoms with Crippen LogP contribution in [0.5, 0.6) is 0 Å². The molecule has 2 amide bonds. The maximum absolute atomic E-state index is 12.3. The van der Waals surface area contributed by atoms with Gasteiger partial charge in [-0.15, -0.1) is 0 Å². The molecule has 3 rings (SSSR count). The molecule has 0 bridgehead atoms. The lowest BCUT2D eigenvalue weighted by Crippen LogP contribution is -2.18. The highest BCUT2D eigenvalue weighted by molar-refractivity contribution is 8.00. The number of nitrogens with zero attached hydrogens (tertiary/aromatic N) is 1. The maximum atomic E-state index is 12.3. The molecule has 0 saturated heterocycles. The van der Waals surface area contributed by atoms with Gasteiger partial charge in [-0.25, -0.2) is 9.78 Å². The minimum atomic E-state index is -0.562. The fraction of sp³-hybridized carbons (Fsp3) is 0.222. The van der Waals surface area contributed by atoms with Crippen molar-refractivity contribution in [3.63, 3.8) is 0 Å². The molecule has 9 heteroatoms. The van der Waals surface area contributed by atoms with Crippen molar-refractivity contribution in [2.75, 3.05) is 11.1 Å². The van der Waals surface area contributed by atoms with Gasteiger partial charge >= 0.3 is 5.69 Å². The maximum Gasteiger partial charge on any atom is 0.323 e. The number of hydrogen-bond donors (Lipinski definition) is 4. The van der Waals surface area contributed by atoms with E-state index < -0.39 is 5.91 Å². The molecule has 5 N–H and O–H groups in total. The molecular formula is C18H19N5O3S. The number of carbonyl (C=O) groups excluding carboxylic acids is 2.